The van der Waals surface area contributed by atoms with E-state index in [1.54, 1.807) is 24.3 Å². The summed E-state index contributed by atoms with van der Waals surface area (Å²) in [6.45, 7) is 0.0661. The topological polar surface area (TPSA) is 87.7 Å². The molecule has 2 heterocycles. The highest BCUT2D eigenvalue weighted by Gasteiger charge is 2.43. The third-order valence-corrected chi connectivity index (χ3v) is 5.19. The number of ether oxygens (including phenoxy) is 1. The predicted molar refractivity (Wildman–Crippen MR) is 106 cm³/mol. The number of urea groups is 1. The molecule has 148 valence electrons. The normalized spacial score (nSPS) is 18.2. The Bertz CT molecular complexity index is 1010. The van der Waals surface area contributed by atoms with Gasteiger partial charge in [0.15, 0.2) is 0 Å². The molecule has 2 N–H and O–H groups in total. The third-order valence-electron chi connectivity index (χ3n) is 4.85. The number of hydrogen-bond acceptors (Lipinski definition) is 4. The first-order chi connectivity index (χ1) is 14.0. The first-order valence-electron chi connectivity index (χ1n) is 9.08. The summed E-state index contributed by atoms with van der Waals surface area (Å²) >= 11 is 6.26. The molecule has 3 amide bonds. The molecule has 0 aliphatic carbocycles. The molecule has 2 aliphatic rings. The van der Waals surface area contributed by atoms with Gasteiger partial charge in [-0.15, -0.1) is 0 Å². The largest absolute Gasteiger partial charge is 0.456 e. The predicted octanol–water partition coefficient (Wildman–Crippen LogP) is 2.53. The van der Waals surface area contributed by atoms with E-state index in [9.17, 15) is 14.4 Å². The van der Waals surface area contributed by atoms with Crippen molar-refractivity contribution in [2.45, 2.75) is 12.6 Å². The highest BCUT2D eigenvalue weighted by Crippen LogP contribution is 2.37. The van der Waals surface area contributed by atoms with Crippen LogP contribution in [0.4, 0.5) is 4.79 Å². The van der Waals surface area contributed by atoms with Crippen molar-refractivity contribution in [1.82, 2.24) is 15.5 Å². The zero-order chi connectivity index (χ0) is 20.4. The summed E-state index contributed by atoms with van der Waals surface area (Å²) in [4.78, 5) is 38.7. The smallest absolute Gasteiger partial charge is 0.338 e. The number of hydrogen-bond donors (Lipinski definition) is 2. The van der Waals surface area contributed by atoms with Gasteiger partial charge in [0.1, 0.15) is 13.2 Å². The zero-order valence-electron chi connectivity index (χ0n) is 15.4. The second-order valence-corrected chi connectivity index (χ2v) is 7.10. The Balaban J connectivity index is 1.55. The lowest BCUT2D eigenvalue weighted by molar-refractivity contribution is -0.136. The molecule has 4 rings (SSSR count). The van der Waals surface area contributed by atoms with Crippen LogP contribution in [0.1, 0.15) is 17.2 Å². The summed E-state index contributed by atoms with van der Waals surface area (Å²) in [5.74, 6) is -0.869. The summed E-state index contributed by atoms with van der Waals surface area (Å²) in [6, 6.07) is 15.2. The summed E-state index contributed by atoms with van der Waals surface area (Å²) in [6.07, 6.45) is 0. The minimum atomic E-state index is -0.718. The molecule has 2 aromatic carbocycles. The summed E-state index contributed by atoms with van der Waals surface area (Å²) < 4.78 is 5.16. The fourth-order valence-electron chi connectivity index (χ4n) is 3.42. The molecule has 0 bridgehead atoms. The van der Waals surface area contributed by atoms with Crippen molar-refractivity contribution in [3.63, 3.8) is 0 Å². The van der Waals surface area contributed by atoms with Gasteiger partial charge in [0.25, 0.3) is 0 Å². The lowest BCUT2D eigenvalue weighted by Gasteiger charge is -2.32. The van der Waals surface area contributed by atoms with E-state index < -0.39 is 18.0 Å². The van der Waals surface area contributed by atoms with Crippen LogP contribution in [0.15, 0.2) is 65.9 Å². The second kappa shape index (κ2) is 7.97. The molecule has 1 atom stereocenters. The van der Waals surface area contributed by atoms with Crippen LogP contribution in [0, 0.1) is 0 Å². The van der Waals surface area contributed by atoms with E-state index in [-0.39, 0.29) is 19.1 Å². The van der Waals surface area contributed by atoms with Crippen LogP contribution in [0.5, 0.6) is 0 Å². The molecule has 1 unspecified atom stereocenters. The van der Waals surface area contributed by atoms with Crippen molar-refractivity contribution in [3.8, 4) is 0 Å². The number of carbonyl (C=O) groups excluding carboxylic acids is 3. The van der Waals surface area contributed by atoms with E-state index in [1.807, 2.05) is 30.3 Å². The molecule has 0 saturated carbocycles. The van der Waals surface area contributed by atoms with Crippen molar-refractivity contribution < 1.29 is 19.1 Å². The number of halogens is 1. The van der Waals surface area contributed by atoms with Gasteiger partial charge in [-0.05, 0) is 17.2 Å². The molecule has 2 aromatic rings. The molecule has 0 radical (unpaired) electrons. The standard InChI is InChI=1S/C21H18ClN3O4/c22-15-9-5-4-8-14(15)19-18-16(12-29-20(18)27)25(21(28)24-19)11-17(26)23-10-13-6-2-1-3-7-13/h1-9,19H,10-12H2,(H,23,26)(H,24,28). The van der Waals surface area contributed by atoms with Gasteiger partial charge < -0.3 is 15.4 Å². The highest BCUT2D eigenvalue weighted by molar-refractivity contribution is 6.31. The van der Waals surface area contributed by atoms with Crippen LogP contribution in [0.3, 0.4) is 0 Å². The fraction of sp³-hybridized carbons (Fsp3) is 0.190. The molecule has 0 aromatic heterocycles. The van der Waals surface area contributed by atoms with Gasteiger partial charge in [-0.1, -0.05) is 60.1 Å². The van der Waals surface area contributed by atoms with Crippen LogP contribution < -0.4 is 10.6 Å². The van der Waals surface area contributed by atoms with Gasteiger partial charge in [0, 0.05) is 11.6 Å². The number of nitrogens with zero attached hydrogens (tertiary/aromatic N) is 1. The monoisotopic (exact) mass is 411 g/mol. The second-order valence-electron chi connectivity index (χ2n) is 6.69. The molecule has 0 spiro atoms. The molecule has 7 nitrogen and oxygen atoms in total. The average molecular weight is 412 g/mol. The van der Waals surface area contributed by atoms with E-state index in [0.29, 0.717) is 28.4 Å². The number of nitrogens with one attached hydrogen (secondary N) is 2. The first kappa shape index (κ1) is 19.0. The Kier molecular flexibility index (Phi) is 5.22. The Morgan fingerprint density at radius 1 is 1.14 bits per heavy atom. The van der Waals surface area contributed by atoms with Crippen LogP contribution >= 0.6 is 11.6 Å². The van der Waals surface area contributed by atoms with E-state index >= 15 is 0 Å². The first-order valence-corrected chi connectivity index (χ1v) is 9.45. The lowest BCUT2D eigenvalue weighted by Crippen LogP contribution is -2.50. The minimum Gasteiger partial charge on any atom is -0.456 e. The fourth-order valence-corrected chi connectivity index (χ4v) is 3.66. The highest BCUT2D eigenvalue weighted by atomic mass is 35.5. The molecule has 8 heteroatoms. The lowest BCUT2D eigenvalue weighted by atomic mass is 9.95. The van der Waals surface area contributed by atoms with Crippen LogP contribution in [-0.2, 0) is 20.9 Å². The van der Waals surface area contributed by atoms with Gasteiger partial charge >= 0.3 is 12.0 Å². The number of benzene rings is 2. The van der Waals surface area contributed by atoms with E-state index in [4.69, 9.17) is 16.3 Å². The zero-order valence-corrected chi connectivity index (χ0v) is 16.1. The van der Waals surface area contributed by atoms with E-state index in [2.05, 4.69) is 10.6 Å². The van der Waals surface area contributed by atoms with Crippen LogP contribution in [0.25, 0.3) is 0 Å². The number of carbonyl (C=O) groups is 3. The Hall–Kier alpha value is -3.32. The maximum Gasteiger partial charge on any atom is 0.338 e. The Labute approximate surface area is 172 Å². The number of amides is 3. The molecule has 0 saturated heterocycles. The molecule has 0 fully saturated rings. The summed E-state index contributed by atoms with van der Waals surface area (Å²) in [7, 11) is 0. The minimum absolute atomic E-state index is 0.0610. The van der Waals surface area contributed by atoms with Gasteiger partial charge in [0.05, 0.1) is 17.3 Å². The molecule has 29 heavy (non-hydrogen) atoms. The number of rotatable bonds is 5. The maximum atomic E-state index is 12.7. The summed E-state index contributed by atoms with van der Waals surface area (Å²) in [5, 5.41) is 5.98. The third kappa shape index (κ3) is 3.82. The van der Waals surface area contributed by atoms with E-state index in [1.165, 1.54) is 4.90 Å². The van der Waals surface area contributed by atoms with Gasteiger partial charge in [-0.25, -0.2) is 9.59 Å². The molecule has 2 aliphatic heterocycles. The molecular weight excluding hydrogens is 394 g/mol. The quantitative estimate of drug-likeness (QED) is 0.740. The number of esters is 1. The van der Waals surface area contributed by atoms with Crippen LogP contribution in [0.2, 0.25) is 5.02 Å². The van der Waals surface area contributed by atoms with Crippen molar-refractivity contribution in [2.24, 2.45) is 0 Å². The van der Waals surface area contributed by atoms with Crippen molar-refractivity contribution in [2.75, 3.05) is 13.2 Å². The van der Waals surface area contributed by atoms with Crippen molar-refractivity contribution in [3.05, 3.63) is 82.0 Å². The Morgan fingerprint density at radius 2 is 1.86 bits per heavy atom. The van der Waals surface area contributed by atoms with Gasteiger partial charge in [-0.3, -0.25) is 9.69 Å². The summed E-state index contributed by atoms with van der Waals surface area (Å²) in [5.41, 5.74) is 2.23. The van der Waals surface area contributed by atoms with Gasteiger partial charge in [0.2, 0.25) is 5.91 Å². The van der Waals surface area contributed by atoms with Crippen molar-refractivity contribution in [1.29, 1.82) is 0 Å². The van der Waals surface area contributed by atoms with Crippen molar-refractivity contribution >= 4 is 29.5 Å². The van der Waals surface area contributed by atoms with Gasteiger partial charge in [-0.2, -0.15) is 0 Å². The molecular formula is C21H18ClN3O4. The maximum absolute atomic E-state index is 12.7. The average Bonchev–Trinajstić information content (AvgIpc) is 3.11. The number of cyclic esters (lactones) is 1. The Morgan fingerprint density at radius 3 is 2.62 bits per heavy atom. The van der Waals surface area contributed by atoms with Crippen LogP contribution in [-0.4, -0.2) is 36.0 Å². The SMILES string of the molecule is O=C(CN1C(=O)NC(c2ccccc2Cl)C2=C1COC2=O)NCc1ccccc1. The van der Waals surface area contributed by atoms with E-state index in [0.717, 1.165) is 5.56 Å².